The molecule has 6 nitrogen and oxygen atoms in total. The van der Waals surface area contributed by atoms with E-state index in [-0.39, 0.29) is 5.69 Å². The summed E-state index contributed by atoms with van der Waals surface area (Å²) in [6, 6.07) is 5.27. The zero-order chi connectivity index (χ0) is 16.2. The molecule has 3 rings (SSSR count). The number of benzene rings is 1. The van der Waals surface area contributed by atoms with E-state index in [0.717, 1.165) is 6.41 Å². The van der Waals surface area contributed by atoms with Crippen molar-refractivity contribution in [2.45, 2.75) is 0 Å². The molecule has 0 atom stereocenters. The Hall–Kier alpha value is -2.77. The lowest BCUT2D eigenvalue weighted by Gasteiger charge is -2.33. The van der Waals surface area contributed by atoms with Crippen LogP contribution in [-0.4, -0.2) is 47.5 Å². The topological polar surface area (TPSA) is 61.4 Å². The number of nitrogens with zero attached hydrogens (tertiary/aromatic N) is 4. The van der Waals surface area contributed by atoms with Gasteiger partial charge in [-0.1, -0.05) is 6.07 Å². The summed E-state index contributed by atoms with van der Waals surface area (Å²) < 4.78 is 27.4. The standard InChI is InChI=1S/C15H15F2N5O/c16-11-2-1-3-12(17)15(11)20-13-8-14(19-9-18-13)22-6-4-21(10-23)5-7-22/h1-3,8-10H,4-7H2,(H,18,19,20). The molecule has 120 valence electrons. The van der Waals surface area contributed by atoms with E-state index in [9.17, 15) is 13.6 Å². The van der Waals surface area contributed by atoms with Crippen molar-refractivity contribution in [3.8, 4) is 0 Å². The Balaban J connectivity index is 1.77. The fourth-order valence-corrected chi connectivity index (χ4v) is 2.39. The second kappa shape index (κ2) is 6.55. The van der Waals surface area contributed by atoms with E-state index in [0.29, 0.717) is 37.8 Å². The van der Waals surface area contributed by atoms with Gasteiger partial charge in [0, 0.05) is 32.2 Å². The van der Waals surface area contributed by atoms with Crippen LogP contribution in [0, 0.1) is 11.6 Å². The molecular formula is C15H15F2N5O. The van der Waals surface area contributed by atoms with E-state index in [1.165, 1.54) is 24.5 Å². The summed E-state index contributed by atoms with van der Waals surface area (Å²) in [6.45, 7) is 2.50. The van der Waals surface area contributed by atoms with Gasteiger partial charge in [-0.2, -0.15) is 0 Å². The Morgan fingerprint density at radius 1 is 1.09 bits per heavy atom. The summed E-state index contributed by atoms with van der Waals surface area (Å²) in [7, 11) is 0. The van der Waals surface area contributed by atoms with Gasteiger partial charge in [-0.3, -0.25) is 4.79 Å². The minimum Gasteiger partial charge on any atom is -0.353 e. The molecule has 0 unspecified atom stereocenters. The molecule has 1 N–H and O–H groups in total. The molecule has 0 bridgehead atoms. The van der Waals surface area contributed by atoms with Crippen molar-refractivity contribution >= 4 is 23.7 Å². The number of amides is 1. The van der Waals surface area contributed by atoms with Gasteiger partial charge in [0.15, 0.2) is 0 Å². The summed E-state index contributed by atoms with van der Waals surface area (Å²) in [5.41, 5.74) is -0.247. The maximum atomic E-state index is 13.7. The highest BCUT2D eigenvalue weighted by Gasteiger charge is 2.17. The number of carbonyl (C=O) groups excluding carboxylic acids is 1. The van der Waals surface area contributed by atoms with Gasteiger partial charge in [0.1, 0.15) is 35.3 Å². The Morgan fingerprint density at radius 2 is 1.78 bits per heavy atom. The van der Waals surface area contributed by atoms with Crippen molar-refractivity contribution in [3.05, 3.63) is 42.2 Å². The molecule has 0 saturated carbocycles. The summed E-state index contributed by atoms with van der Waals surface area (Å²) in [4.78, 5) is 22.6. The second-order valence-corrected chi connectivity index (χ2v) is 5.11. The first kappa shape index (κ1) is 15.1. The monoisotopic (exact) mass is 319 g/mol. The van der Waals surface area contributed by atoms with E-state index < -0.39 is 11.6 Å². The zero-order valence-corrected chi connectivity index (χ0v) is 12.2. The van der Waals surface area contributed by atoms with Crippen LogP contribution in [0.2, 0.25) is 0 Å². The van der Waals surface area contributed by atoms with Gasteiger partial charge >= 0.3 is 0 Å². The molecule has 1 aromatic carbocycles. The number of carbonyl (C=O) groups is 1. The third kappa shape index (κ3) is 3.36. The number of hydrogen-bond acceptors (Lipinski definition) is 5. The molecule has 0 radical (unpaired) electrons. The van der Waals surface area contributed by atoms with Gasteiger partial charge in [-0.05, 0) is 12.1 Å². The highest BCUT2D eigenvalue weighted by Crippen LogP contribution is 2.23. The van der Waals surface area contributed by atoms with Crippen molar-refractivity contribution < 1.29 is 13.6 Å². The van der Waals surface area contributed by atoms with Crippen LogP contribution in [0.25, 0.3) is 0 Å². The van der Waals surface area contributed by atoms with Gasteiger partial charge in [0.2, 0.25) is 6.41 Å². The molecule has 1 aromatic heterocycles. The van der Waals surface area contributed by atoms with E-state index in [2.05, 4.69) is 15.3 Å². The maximum absolute atomic E-state index is 13.7. The summed E-state index contributed by atoms with van der Waals surface area (Å²) >= 11 is 0. The Bertz CT molecular complexity index is 684. The maximum Gasteiger partial charge on any atom is 0.209 e. The lowest BCUT2D eigenvalue weighted by molar-refractivity contribution is -0.118. The number of piperazine rings is 1. The first-order valence-corrected chi connectivity index (χ1v) is 7.15. The Morgan fingerprint density at radius 3 is 2.43 bits per heavy atom. The van der Waals surface area contributed by atoms with Crippen LogP contribution in [0.3, 0.4) is 0 Å². The number of nitrogens with one attached hydrogen (secondary N) is 1. The van der Waals surface area contributed by atoms with Gasteiger partial charge in [0.25, 0.3) is 0 Å². The van der Waals surface area contributed by atoms with Crippen molar-refractivity contribution in [2.75, 3.05) is 36.4 Å². The number of rotatable bonds is 4. The fourth-order valence-electron chi connectivity index (χ4n) is 2.39. The molecule has 1 aliphatic rings. The van der Waals surface area contributed by atoms with Gasteiger partial charge in [-0.25, -0.2) is 18.7 Å². The SMILES string of the molecule is O=CN1CCN(c2cc(Nc3c(F)cccc3F)ncn2)CC1. The number of anilines is 3. The summed E-state index contributed by atoms with van der Waals surface area (Å²) in [6.07, 6.45) is 2.16. The second-order valence-electron chi connectivity index (χ2n) is 5.11. The van der Waals surface area contributed by atoms with Crippen LogP contribution >= 0.6 is 0 Å². The van der Waals surface area contributed by atoms with Gasteiger partial charge in [-0.15, -0.1) is 0 Å². The van der Waals surface area contributed by atoms with Crippen molar-refractivity contribution in [3.63, 3.8) is 0 Å². The molecule has 2 aromatic rings. The van der Waals surface area contributed by atoms with Crippen LogP contribution in [0.5, 0.6) is 0 Å². The molecule has 1 amide bonds. The molecule has 23 heavy (non-hydrogen) atoms. The lowest BCUT2D eigenvalue weighted by Crippen LogP contribution is -2.46. The quantitative estimate of drug-likeness (QED) is 0.871. The molecule has 1 fully saturated rings. The largest absolute Gasteiger partial charge is 0.353 e. The van der Waals surface area contributed by atoms with Gasteiger partial charge < -0.3 is 15.1 Å². The molecule has 0 spiro atoms. The normalized spacial score (nSPS) is 14.7. The van der Waals surface area contributed by atoms with E-state index >= 15 is 0 Å². The van der Waals surface area contributed by atoms with Crippen LogP contribution in [0.4, 0.5) is 26.1 Å². The number of halogens is 2. The van der Waals surface area contributed by atoms with Crippen LogP contribution in [-0.2, 0) is 4.79 Å². The lowest BCUT2D eigenvalue weighted by atomic mass is 10.3. The minimum absolute atomic E-state index is 0.247. The Kier molecular flexibility index (Phi) is 4.31. The Labute approximate surface area is 131 Å². The average Bonchev–Trinajstić information content (AvgIpc) is 2.59. The van der Waals surface area contributed by atoms with Crippen molar-refractivity contribution in [1.29, 1.82) is 0 Å². The predicted octanol–water partition coefficient (Wildman–Crippen LogP) is 1.78. The number of hydrogen-bond donors (Lipinski definition) is 1. The minimum atomic E-state index is -0.690. The van der Waals surface area contributed by atoms with Crippen LogP contribution < -0.4 is 10.2 Å². The van der Waals surface area contributed by atoms with E-state index in [1.807, 2.05) is 4.90 Å². The molecule has 2 heterocycles. The third-order valence-corrected chi connectivity index (χ3v) is 3.66. The van der Waals surface area contributed by atoms with Crippen LogP contribution in [0.15, 0.2) is 30.6 Å². The number of aromatic nitrogens is 2. The van der Waals surface area contributed by atoms with Crippen molar-refractivity contribution in [2.24, 2.45) is 0 Å². The van der Waals surface area contributed by atoms with E-state index in [4.69, 9.17) is 0 Å². The van der Waals surface area contributed by atoms with Crippen LogP contribution in [0.1, 0.15) is 0 Å². The smallest absolute Gasteiger partial charge is 0.209 e. The average molecular weight is 319 g/mol. The third-order valence-electron chi connectivity index (χ3n) is 3.66. The first-order valence-electron chi connectivity index (χ1n) is 7.15. The zero-order valence-electron chi connectivity index (χ0n) is 12.2. The predicted molar refractivity (Wildman–Crippen MR) is 81.5 cm³/mol. The molecule has 8 heteroatoms. The molecular weight excluding hydrogens is 304 g/mol. The fraction of sp³-hybridized carbons (Fsp3) is 0.267. The van der Waals surface area contributed by atoms with Gasteiger partial charge in [0.05, 0.1) is 0 Å². The summed E-state index contributed by atoms with van der Waals surface area (Å²) in [5, 5.41) is 2.65. The van der Waals surface area contributed by atoms with E-state index in [1.54, 1.807) is 11.0 Å². The summed E-state index contributed by atoms with van der Waals surface area (Å²) in [5.74, 6) is -0.434. The highest BCUT2D eigenvalue weighted by molar-refractivity contribution is 5.60. The molecule has 1 aliphatic heterocycles. The van der Waals surface area contributed by atoms with Crippen molar-refractivity contribution in [1.82, 2.24) is 14.9 Å². The highest BCUT2D eigenvalue weighted by atomic mass is 19.1. The number of para-hydroxylation sites is 1. The molecule has 0 aliphatic carbocycles. The first-order chi connectivity index (χ1) is 11.2. The molecule has 1 saturated heterocycles.